The van der Waals surface area contributed by atoms with Crippen molar-refractivity contribution >= 4 is 0 Å². The average Bonchev–Trinajstić information content (AvgIpc) is 3.04. The molecule has 2 rings (SSSR count). The quantitative estimate of drug-likeness (QED) is 0.471. The zero-order chi connectivity index (χ0) is 20.8. The van der Waals surface area contributed by atoms with E-state index >= 15 is 0 Å². The fraction of sp³-hybridized carbons (Fsp3) is 1.00. The predicted octanol–water partition coefficient (Wildman–Crippen LogP) is 4.69. The maximum Gasteiger partial charge on any atom is 0.169 e. The van der Waals surface area contributed by atoms with E-state index in [2.05, 4.69) is 39.5 Å². The van der Waals surface area contributed by atoms with Crippen molar-refractivity contribution in [2.75, 3.05) is 40.5 Å². The average molecular weight is 400 g/mol. The molecule has 0 aromatic heterocycles. The van der Waals surface area contributed by atoms with Gasteiger partial charge >= 0.3 is 0 Å². The van der Waals surface area contributed by atoms with Crippen molar-refractivity contribution in [3.8, 4) is 0 Å². The molecule has 2 aliphatic rings. The summed E-state index contributed by atoms with van der Waals surface area (Å²) in [6.45, 7) is 15.2. The molecule has 0 N–H and O–H groups in total. The fourth-order valence-corrected chi connectivity index (χ4v) is 5.24. The van der Waals surface area contributed by atoms with Crippen molar-refractivity contribution in [1.29, 1.82) is 0 Å². The van der Waals surface area contributed by atoms with Crippen LogP contribution in [0.1, 0.15) is 73.1 Å². The number of ether oxygens (including phenoxy) is 4. The largest absolute Gasteiger partial charge is 0.355 e. The van der Waals surface area contributed by atoms with E-state index in [4.69, 9.17) is 18.9 Å². The molecule has 1 aliphatic carbocycles. The van der Waals surface area contributed by atoms with E-state index in [1.807, 2.05) is 0 Å². The maximum absolute atomic E-state index is 6.47. The lowest BCUT2D eigenvalue weighted by atomic mass is 9.66. The van der Waals surface area contributed by atoms with Crippen LogP contribution in [0.15, 0.2) is 0 Å². The second kappa shape index (κ2) is 10.7. The summed E-state index contributed by atoms with van der Waals surface area (Å²) in [5.41, 5.74) is 0.411. The van der Waals surface area contributed by atoms with Crippen LogP contribution in [-0.4, -0.2) is 63.5 Å². The van der Waals surface area contributed by atoms with Crippen molar-refractivity contribution in [1.82, 2.24) is 4.90 Å². The number of nitrogens with zero attached hydrogens (tertiary/aromatic N) is 1. The molecule has 5 nitrogen and oxygen atoms in total. The predicted molar refractivity (Wildman–Crippen MR) is 113 cm³/mol. The molecule has 166 valence electrons. The lowest BCUT2D eigenvalue weighted by Gasteiger charge is -2.43. The Morgan fingerprint density at radius 1 is 1.14 bits per heavy atom. The zero-order valence-electron chi connectivity index (χ0n) is 19.5. The van der Waals surface area contributed by atoms with Gasteiger partial charge in [0.2, 0.25) is 0 Å². The number of methoxy groups -OCH3 is 2. The molecule has 0 bridgehead atoms. The molecular weight excluding hydrogens is 354 g/mol. The minimum Gasteiger partial charge on any atom is -0.355 e. The highest BCUT2D eigenvalue weighted by atomic mass is 16.7. The van der Waals surface area contributed by atoms with Crippen LogP contribution in [0.25, 0.3) is 0 Å². The van der Waals surface area contributed by atoms with Gasteiger partial charge in [-0.1, -0.05) is 34.6 Å². The Kier molecular flexibility index (Phi) is 9.21. The second-order valence-electron chi connectivity index (χ2n) is 9.91. The van der Waals surface area contributed by atoms with Gasteiger partial charge in [-0.3, -0.25) is 4.90 Å². The molecule has 1 atom stereocenters. The maximum atomic E-state index is 6.47. The highest BCUT2D eigenvalue weighted by Crippen LogP contribution is 2.48. The molecular formula is C23H45NO4. The zero-order valence-corrected chi connectivity index (χ0v) is 19.5. The number of hydrogen-bond acceptors (Lipinski definition) is 5. The van der Waals surface area contributed by atoms with Crippen LogP contribution >= 0.6 is 0 Å². The normalized spacial score (nSPS) is 28.9. The number of hydrogen-bond donors (Lipinski definition) is 0. The van der Waals surface area contributed by atoms with Gasteiger partial charge in [-0.05, 0) is 49.5 Å². The van der Waals surface area contributed by atoms with Crippen molar-refractivity contribution in [2.45, 2.75) is 91.3 Å². The van der Waals surface area contributed by atoms with Crippen molar-refractivity contribution in [3.05, 3.63) is 0 Å². The van der Waals surface area contributed by atoms with E-state index in [9.17, 15) is 0 Å². The van der Waals surface area contributed by atoms with Gasteiger partial charge < -0.3 is 18.9 Å². The third-order valence-corrected chi connectivity index (χ3v) is 6.85. The van der Waals surface area contributed by atoms with Gasteiger partial charge in [-0.2, -0.15) is 0 Å². The number of rotatable bonds is 11. The molecule has 1 aliphatic heterocycles. The highest BCUT2D eigenvalue weighted by Gasteiger charge is 2.46. The van der Waals surface area contributed by atoms with E-state index in [-0.39, 0.29) is 18.2 Å². The summed E-state index contributed by atoms with van der Waals surface area (Å²) in [4.78, 5) is 2.36. The van der Waals surface area contributed by atoms with E-state index in [0.29, 0.717) is 5.41 Å². The lowest BCUT2D eigenvalue weighted by Crippen LogP contribution is -2.40. The van der Waals surface area contributed by atoms with Crippen LogP contribution in [0.5, 0.6) is 0 Å². The minimum absolute atomic E-state index is 0.170. The fourth-order valence-electron chi connectivity index (χ4n) is 5.24. The van der Waals surface area contributed by atoms with Crippen LogP contribution < -0.4 is 0 Å². The summed E-state index contributed by atoms with van der Waals surface area (Å²) in [6, 6.07) is 0. The molecule has 0 aromatic rings. The van der Waals surface area contributed by atoms with E-state index in [1.54, 1.807) is 14.2 Å². The first kappa shape index (κ1) is 24.1. The summed E-state index contributed by atoms with van der Waals surface area (Å²) in [6.07, 6.45) is 6.86. The third kappa shape index (κ3) is 6.66. The van der Waals surface area contributed by atoms with Gasteiger partial charge in [0.25, 0.3) is 0 Å². The lowest BCUT2D eigenvalue weighted by molar-refractivity contribution is -0.198. The SMILES string of the molecule is CCN(CCC1COC2(CCC(C(C)(C)CC(C)C)CC2)O1)CC(OC)OC. The summed E-state index contributed by atoms with van der Waals surface area (Å²) >= 11 is 0. The van der Waals surface area contributed by atoms with E-state index in [1.165, 1.54) is 19.3 Å². The Morgan fingerprint density at radius 2 is 1.79 bits per heavy atom. The van der Waals surface area contributed by atoms with E-state index in [0.717, 1.165) is 57.3 Å². The molecule has 1 unspecified atom stereocenters. The van der Waals surface area contributed by atoms with Gasteiger partial charge in [0.1, 0.15) is 0 Å². The van der Waals surface area contributed by atoms with Gasteiger partial charge in [-0.25, -0.2) is 0 Å². The van der Waals surface area contributed by atoms with Crippen LogP contribution in [0.4, 0.5) is 0 Å². The Hall–Kier alpha value is -0.200. The molecule has 2 fully saturated rings. The molecule has 28 heavy (non-hydrogen) atoms. The first-order chi connectivity index (χ1) is 13.2. The molecule has 1 saturated carbocycles. The van der Waals surface area contributed by atoms with Crippen molar-refractivity contribution < 1.29 is 18.9 Å². The number of likely N-dealkylation sites (N-methyl/N-ethyl adjacent to an activating group) is 1. The van der Waals surface area contributed by atoms with E-state index < -0.39 is 0 Å². The molecule has 5 heteroatoms. The molecule has 1 spiro atoms. The molecule has 0 aromatic carbocycles. The Balaban J connectivity index is 1.77. The summed E-state index contributed by atoms with van der Waals surface area (Å²) in [7, 11) is 3.39. The van der Waals surface area contributed by atoms with Gasteiger partial charge in [0, 0.05) is 40.2 Å². The Labute approximate surface area is 173 Å². The first-order valence-corrected chi connectivity index (χ1v) is 11.3. The summed E-state index contributed by atoms with van der Waals surface area (Å²) < 4.78 is 23.4. The molecule has 0 amide bonds. The Bertz CT molecular complexity index is 442. The van der Waals surface area contributed by atoms with Crippen LogP contribution in [0.3, 0.4) is 0 Å². The summed E-state index contributed by atoms with van der Waals surface area (Å²) in [5.74, 6) is 1.22. The standard InChI is InChI=1S/C23H45NO4/c1-8-24(16-21(25-6)26-7)14-11-20-17-27-23(28-20)12-9-19(10-13-23)22(4,5)15-18(2)3/h18-21H,8-17H2,1-7H3. The van der Waals surface area contributed by atoms with Gasteiger partial charge in [-0.15, -0.1) is 0 Å². The van der Waals surface area contributed by atoms with Crippen molar-refractivity contribution in [2.24, 2.45) is 17.3 Å². The van der Waals surface area contributed by atoms with Crippen LogP contribution in [0.2, 0.25) is 0 Å². The Morgan fingerprint density at radius 3 is 2.32 bits per heavy atom. The van der Waals surface area contributed by atoms with Gasteiger partial charge in [0.15, 0.2) is 12.1 Å². The minimum atomic E-state index is -0.312. The third-order valence-electron chi connectivity index (χ3n) is 6.85. The summed E-state index contributed by atoms with van der Waals surface area (Å²) in [5, 5.41) is 0. The van der Waals surface area contributed by atoms with Crippen LogP contribution in [0, 0.1) is 17.3 Å². The van der Waals surface area contributed by atoms with Crippen LogP contribution in [-0.2, 0) is 18.9 Å². The van der Waals surface area contributed by atoms with Gasteiger partial charge in [0.05, 0.1) is 12.7 Å². The smallest absolute Gasteiger partial charge is 0.169 e. The first-order valence-electron chi connectivity index (χ1n) is 11.3. The molecule has 1 saturated heterocycles. The van der Waals surface area contributed by atoms with Crippen molar-refractivity contribution in [3.63, 3.8) is 0 Å². The molecule has 0 radical (unpaired) electrons. The highest BCUT2D eigenvalue weighted by molar-refractivity contribution is 4.90. The topological polar surface area (TPSA) is 40.2 Å². The molecule has 1 heterocycles. The monoisotopic (exact) mass is 399 g/mol. The second-order valence-corrected chi connectivity index (χ2v) is 9.91.